The number of rotatable bonds is 8. The van der Waals surface area contributed by atoms with E-state index in [-0.39, 0.29) is 11.9 Å². The first-order valence-electron chi connectivity index (χ1n) is 8.54. The van der Waals surface area contributed by atoms with Crippen LogP contribution in [0.4, 0.5) is 4.79 Å². The van der Waals surface area contributed by atoms with Crippen molar-refractivity contribution in [2.24, 2.45) is 0 Å². The molecule has 21 heavy (non-hydrogen) atoms. The van der Waals surface area contributed by atoms with E-state index in [1.807, 2.05) is 0 Å². The number of amides is 3. The molecule has 2 saturated heterocycles. The molecular weight excluding hydrogens is 266 g/mol. The third kappa shape index (κ3) is 3.96. The summed E-state index contributed by atoms with van der Waals surface area (Å²) in [5.41, 5.74) is -0.608. The number of carbonyl (C=O) groups is 2. The second-order valence-corrected chi connectivity index (χ2v) is 6.34. The minimum absolute atomic E-state index is 0.0000158. The van der Waals surface area contributed by atoms with Gasteiger partial charge in [-0.3, -0.25) is 9.69 Å². The zero-order valence-electron chi connectivity index (χ0n) is 13.2. The Morgan fingerprint density at radius 3 is 2.29 bits per heavy atom. The van der Waals surface area contributed by atoms with Crippen LogP contribution in [0.15, 0.2) is 0 Å². The highest BCUT2D eigenvalue weighted by Crippen LogP contribution is 2.27. The number of piperidine rings is 1. The maximum atomic E-state index is 12.5. The van der Waals surface area contributed by atoms with Gasteiger partial charge in [-0.25, -0.2) is 4.79 Å². The Morgan fingerprint density at radius 2 is 1.62 bits per heavy atom. The average Bonchev–Trinajstić information content (AvgIpc) is 2.71. The molecule has 2 aliphatic heterocycles. The summed E-state index contributed by atoms with van der Waals surface area (Å²) < 4.78 is 0. The zero-order chi connectivity index (χ0) is 15.1. The molecule has 0 bridgehead atoms. The van der Waals surface area contributed by atoms with Crippen LogP contribution in [0.25, 0.3) is 0 Å². The lowest BCUT2D eigenvalue weighted by atomic mass is 9.88. The summed E-state index contributed by atoms with van der Waals surface area (Å²) in [6.45, 7) is 4.40. The summed E-state index contributed by atoms with van der Waals surface area (Å²) in [5, 5.41) is 6.18. The lowest BCUT2D eigenvalue weighted by molar-refractivity contribution is -0.132. The molecule has 2 rings (SSSR count). The molecule has 0 unspecified atom stereocenters. The molecule has 5 heteroatoms. The van der Waals surface area contributed by atoms with Gasteiger partial charge in [-0.2, -0.15) is 0 Å². The highest BCUT2D eigenvalue weighted by Gasteiger charge is 2.50. The summed E-state index contributed by atoms with van der Waals surface area (Å²) in [4.78, 5) is 26.0. The van der Waals surface area contributed by atoms with Gasteiger partial charge in [0.25, 0.3) is 5.91 Å². The van der Waals surface area contributed by atoms with Gasteiger partial charge >= 0.3 is 6.03 Å². The Hall–Kier alpha value is -1.10. The van der Waals surface area contributed by atoms with Crippen LogP contribution in [0.5, 0.6) is 0 Å². The number of hydrogen-bond donors (Lipinski definition) is 2. The Kier molecular flexibility index (Phi) is 6.03. The Balaban J connectivity index is 1.71. The van der Waals surface area contributed by atoms with Crippen molar-refractivity contribution in [1.29, 1.82) is 0 Å². The number of nitrogens with zero attached hydrogens (tertiary/aromatic N) is 1. The highest BCUT2D eigenvalue weighted by molar-refractivity contribution is 6.07. The normalized spacial score (nSPS) is 21.1. The van der Waals surface area contributed by atoms with Crippen molar-refractivity contribution < 1.29 is 9.59 Å². The van der Waals surface area contributed by atoms with Crippen LogP contribution in [0.3, 0.4) is 0 Å². The van der Waals surface area contributed by atoms with Gasteiger partial charge < -0.3 is 10.6 Å². The summed E-state index contributed by atoms with van der Waals surface area (Å²) >= 11 is 0. The first-order valence-corrected chi connectivity index (χ1v) is 8.54. The van der Waals surface area contributed by atoms with Gasteiger partial charge in [0, 0.05) is 6.54 Å². The maximum Gasteiger partial charge on any atom is 0.325 e. The van der Waals surface area contributed by atoms with Crippen LogP contribution < -0.4 is 10.6 Å². The van der Waals surface area contributed by atoms with E-state index in [2.05, 4.69) is 17.6 Å². The third-order valence-electron chi connectivity index (χ3n) is 4.69. The van der Waals surface area contributed by atoms with E-state index in [9.17, 15) is 9.59 Å². The second kappa shape index (κ2) is 7.78. The van der Waals surface area contributed by atoms with Gasteiger partial charge in [0.15, 0.2) is 0 Å². The lowest BCUT2D eigenvalue weighted by Crippen LogP contribution is -2.53. The van der Waals surface area contributed by atoms with Crippen molar-refractivity contribution in [3.8, 4) is 0 Å². The minimum atomic E-state index is -0.608. The van der Waals surface area contributed by atoms with E-state index in [1.54, 1.807) is 0 Å². The minimum Gasteiger partial charge on any atom is -0.323 e. The molecular formula is C16H29N3O2. The summed E-state index contributed by atoms with van der Waals surface area (Å²) in [6.07, 6.45) is 9.81. The van der Waals surface area contributed by atoms with Crippen LogP contribution in [0.2, 0.25) is 0 Å². The lowest BCUT2D eigenvalue weighted by Gasteiger charge is -2.31. The average molecular weight is 295 g/mol. The fourth-order valence-corrected chi connectivity index (χ4v) is 3.30. The standard InChI is InChI=1S/C16H29N3O2/c1-2-3-4-5-6-7-8-13-19-14(20)16(18-15(19)21)9-11-17-12-10-16/h17H,2-13H2,1H3,(H,18,21). The molecule has 2 heterocycles. The van der Waals surface area contributed by atoms with Crippen LogP contribution >= 0.6 is 0 Å². The molecule has 0 aromatic heterocycles. The first-order chi connectivity index (χ1) is 10.2. The van der Waals surface area contributed by atoms with E-state index in [1.165, 1.54) is 37.0 Å². The largest absolute Gasteiger partial charge is 0.325 e. The van der Waals surface area contributed by atoms with Crippen molar-refractivity contribution in [3.05, 3.63) is 0 Å². The van der Waals surface area contributed by atoms with Crippen molar-refractivity contribution in [2.75, 3.05) is 19.6 Å². The van der Waals surface area contributed by atoms with E-state index in [4.69, 9.17) is 0 Å². The number of hydrogen-bond acceptors (Lipinski definition) is 3. The van der Waals surface area contributed by atoms with Crippen LogP contribution in [-0.2, 0) is 4.79 Å². The number of unbranched alkanes of at least 4 members (excludes halogenated alkanes) is 6. The summed E-state index contributed by atoms with van der Waals surface area (Å²) in [7, 11) is 0. The van der Waals surface area contributed by atoms with Crippen molar-refractivity contribution >= 4 is 11.9 Å². The van der Waals surface area contributed by atoms with E-state index in [0.29, 0.717) is 19.4 Å². The van der Waals surface area contributed by atoms with Gasteiger partial charge in [-0.15, -0.1) is 0 Å². The quantitative estimate of drug-likeness (QED) is 0.534. The van der Waals surface area contributed by atoms with Gasteiger partial charge in [0.2, 0.25) is 0 Å². The smallest absolute Gasteiger partial charge is 0.323 e. The molecule has 0 saturated carbocycles. The highest BCUT2D eigenvalue weighted by atomic mass is 16.2. The maximum absolute atomic E-state index is 12.5. The molecule has 2 N–H and O–H groups in total. The Morgan fingerprint density at radius 1 is 1.00 bits per heavy atom. The fraction of sp³-hybridized carbons (Fsp3) is 0.875. The first kappa shape index (κ1) is 16.3. The number of imide groups is 1. The number of urea groups is 1. The van der Waals surface area contributed by atoms with Crippen LogP contribution in [0, 0.1) is 0 Å². The SMILES string of the molecule is CCCCCCCCCN1C(=O)NC2(CCNCC2)C1=O. The zero-order valence-corrected chi connectivity index (χ0v) is 13.2. The van der Waals surface area contributed by atoms with E-state index in [0.717, 1.165) is 25.9 Å². The Bertz CT molecular complexity index is 365. The van der Waals surface area contributed by atoms with Gasteiger partial charge in [0.1, 0.15) is 5.54 Å². The van der Waals surface area contributed by atoms with Crippen molar-refractivity contribution in [1.82, 2.24) is 15.5 Å². The molecule has 120 valence electrons. The van der Waals surface area contributed by atoms with Gasteiger partial charge in [0.05, 0.1) is 0 Å². The van der Waals surface area contributed by atoms with E-state index >= 15 is 0 Å². The monoisotopic (exact) mass is 295 g/mol. The molecule has 2 fully saturated rings. The van der Waals surface area contributed by atoms with Crippen molar-refractivity contribution in [2.45, 2.75) is 70.3 Å². The topological polar surface area (TPSA) is 61.4 Å². The summed E-state index contributed by atoms with van der Waals surface area (Å²) in [6, 6.07) is -0.187. The molecule has 0 atom stereocenters. The number of nitrogens with one attached hydrogen (secondary N) is 2. The molecule has 1 spiro atoms. The van der Waals surface area contributed by atoms with Crippen LogP contribution in [-0.4, -0.2) is 42.0 Å². The Labute approximate surface area is 127 Å². The fourth-order valence-electron chi connectivity index (χ4n) is 3.30. The summed E-state index contributed by atoms with van der Waals surface area (Å²) in [5.74, 6) is -0.0000158. The second-order valence-electron chi connectivity index (χ2n) is 6.34. The molecule has 0 aliphatic carbocycles. The van der Waals surface area contributed by atoms with E-state index < -0.39 is 5.54 Å². The molecule has 3 amide bonds. The molecule has 0 aromatic carbocycles. The van der Waals surface area contributed by atoms with Crippen LogP contribution in [0.1, 0.15) is 64.7 Å². The van der Waals surface area contributed by atoms with Gasteiger partial charge in [-0.1, -0.05) is 45.4 Å². The van der Waals surface area contributed by atoms with Crippen molar-refractivity contribution in [3.63, 3.8) is 0 Å². The molecule has 5 nitrogen and oxygen atoms in total. The molecule has 2 aliphatic rings. The number of carbonyl (C=O) groups excluding carboxylic acids is 2. The molecule has 0 radical (unpaired) electrons. The third-order valence-corrected chi connectivity index (χ3v) is 4.69. The predicted molar refractivity (Wildman–Crippen MR) is 83.1 cm³/mol. The molecule has 0 aromatic rings. The van der Waals surface area contributed by atoms with Gasteiger partial charge in [-0.05, 0) is 32.4 Å². The predicted octanol–water partition coefficient (Wildman–Crippen LogP) is 2.41.